The Morgan fingerprint density at radius 3 is 2.67 bits per heavy atom. The van der Waals surface area contributed by atoms with Crippen LogP contribution < -0.4 is 10.6 Å². The molecule has 21 heavy (non-hydrogen) atoms. The molecule has 0 saturated heterocycles. The van der Waals surface area contributed by atoms with E-state index in [2.05, 4.69) is 29.3 Å². The van der Waals surface area contributed by atoms with E-state index in [9.17, 15) is 0 Å². The minimum atomic E-state index is 0.807. The van der Waals surface area contributed by atoms with Crippen molar-refractivity contribution in [2.45, 2.75) is 0 Å². The minimum Gasteiger partial charge on any atom is -0.403 e. The topological polar surface area (TPSA) is 47.1 Å². The average Bonchev–Trinajstić information content (AvgIpc) is 2.91. The highest BCUT2D eigenvalue weighted by Gasteiger charge is 2.26. The Bertz CT molecular complexity index is 889. The summed E-state index contributed by atoms with van der Waals surface area (Å²) in [5.74, 6) is 0.807. The molecular weight excluding hydrogens is 260 g/mol. The zero-order valence-corrected chi connectivity index (χ0v) is 11.4. The maximum atomic E-state index is 5.59. The number of para-hydroxylation sites is 3. The number of anilines is 1. The Labute approximate surface area is 122 Å². The average molecular weight is 274 g/mol. The number of fused-ring (bicyclic) bond motifs is 5. The summed E-state index contributed by atoms with van der Waals surface area (Å²) in [7, 11) is 0. The van der Waals surface area contributed by atoms with E-state index in [4.69, 9.17) is 10.7 Å². The normalized spacial score (nSPS) is 13.7. The first-order chi connectivity index (χ1) is 10.3. The number of hydrogen-bond donors (Lipinski definition) is 1. The smallest absolute Gasteiger partial charge is 0.220 e. The standard InChI is InChI=1S/C17H14N4/c1-12-13-6-2-4-8-15(13)21-16-9-5-3-7-14(16)19-17(21)20(12)11-10-18/h2-11H,1,18H2/b11-10-. The number of hydrogen-bond acceptors (Lipinski definition) is 3. The summed E-state index contributed by atoms with van der Waals surface area (Å²) >= 11 is 0. The Morgan fingerprint density at radius 1 is 1.05 bits per heavy atom. The number of nitrogens with zero attached hydrogens (tertiary/aromatic N) is 3. The fourth-order valence-electron chi connectivity index (χ4n) is 2.82. The second kappa shape index (κ2) is 4.24. The van der Waals surface area contributed by atoms with Gasteiger partial charge in [0.25, 0.3) is 0 Å². The summed E-state index contributed by atoms with van der Waals surface area (Å²) in [4.78, 5) is 6.64. The van der Waals surface area contributed by atoms with Crippen molar-refractivity contribution in [1.82, 2.24) is 9.55 Å². The molecular formula is C17H14N4. The monoisotopic (exact) mass is 274 g/mol. The van der Waals surface area contributed by atoms with Crippen molar-refractivity contribution in [1.29, 1.82) is 0 Å². The molecule has 0 fully saturated rings. The van der Waals surface area contributed by atoms with Gasteiger partial charge in [0.2, 0.25) is 5.95 Å². The molecule has 4 nitrogen and oxygen atoms in total. The van der Waals surface area contributed by atoms with Gasteiger partial charge in [-0.05, 0) is 18.2 Å². The lowest BCUT2D eigenvalue weighted by Gasteiger charge is -2.30. The van der Waals surface area contributed by atoms with E-state index in [-0.39, 0.29) is 0 Å². The molecule has 1 aliphatic heterocycles. The van der Waals surface area contributed by atoms with Crippen LogP contribution in [0, 0.1) is 0 Å². The molecule has 3 aromatic rings. The number of rotatable bonds is 1. The number of benzene rings is 2. The van der Waals surface area contributed by atoms with Gasteiger partial charge < -0.3 is 5.73 Å². The summed E-state index contributed by atoms with van der Waals surface area (Å²) < 4.78 is 2.14. The van der Waals surface area contributed by atoms with E-state index in [0.717, 1.165) is 33.9 Å². The molecule has 0 saturated carbocycles. The van der Waals surface area contributed by atoms with Crippen molar-refractivity contribution in [2.24, 2.45) is 5.73 Å². The molecule has 4 rings (SSSR count). The van der Waals surface area contributed by atoms with Gasteiger partial charge in [-0.2, -0.15) is 0 Å². The third-order valence-corrected chi connectivity index (χ3v) is 3.74. The number of nitrogens with two attached hydrogens (primary N) is 1. The lowest BCUT2D eigenvalue weighted by molar-refractivity contribution is 0.999. The molecule has 2 heterocycles. The fourth-order valence-corrected chi connectivity index (χ4v) is 2.82. The van der Waals surface area contributed by atoms with Gasteiger partial charge >= 0.3 is 0 Å². The maximum absolute atomic E-state index is 5.59. The first-order valence-corrected chi connectivity index (χ1v) is 6.75. The third-order valence-electron chi connectivity index (χ3n) is 3.74. The van der Waals surface area contributed by atoms with E-state index < -0.39 is 0 Å². The lowest BCUT2D eigenvalue weighted by atomic mass is 10.1. The van der Waals surface area contributed by atoms with Crippen LogP contribution in [0.5, 0.6) is 0 Å². The van der Waals surface area contributed by atoms with E-state index >= 15 is 0 Å². The summed E-state index contributed by atoms with van der Waals surface area (Å²) in [5, 5.41) is 0. The molecule has 2 N–H and O–H groups in total. The molecule has 0 amide bonds. The van der Waals surface area contributed by atoms with Crippen molar-refractivity contribution in [3.05, 3.63) is 73.1 Å². The lowest BCUT2D eigenvalue weighted by Crippen LogP contribution is -2.23. The van der Waals surface area contributed by atoms with Crippen molar-refractivity contribution in [3.63, 3.8) is 0 Å². The number of imidazole rings is 1. The Morgan fingerprint density at radius 2 is 1.81 bits per heavy atom. The van der Waals surface area contributed by atoms with Crippen LogP contribution in [0.1, 0.15) is 5.56 Å². The predicted octanol–water partition coefficient (Wildman–Crippen LogP) is 3.25. The highest BCUT2D eigenvalue weighted by atomic mass is 15.3. The molecule has 1 aliphatic rings. The highest BCUT2D eigenvalue weighted by molar-refractivity contribution is 5.92. The second-order valence-corrected chi connectivity index (χ2v) is 4.91. The second-order valence-electron chi connectivity index (χ2n) is 4.91. The molecule has 102 valence electrons. The zero-order valence-electron chi connectivity index (χ0n) is 11.4. The van der Waals surface area contributed by atoms with E-state index in [1.54, 1.807) is 6.20 Å². The van der Waals surface area contributed by atoms with Crippen LogP contribution in [-0.2, 0) is 0 Å². The van der Waals surface area contributed by atoms with Gasteiger partial charge in [-0.25, -0.2) is 4.98 Å². The van der Waals surface area contributed by atoms with Crippen LogP contribution in [0.25, 0.3) is 22.4 Å². The van der Waals surface area contributed by atoms with Crippen LogP contribution in [0.4, 0.5) is 5.95 Å². The van der Waals surface area contributed by atoms with Crippen molar-refractivity contribution in [3.8, 4) is 5.69 Å². The van der Waals surface area contributed by atoms with Gasteiger partial charge in [0.05, 0.1) is 22.4 Å². The van der Waals surface area contributed by atoms with Gasteiger partial charge in [0.1, 0.15) is 0 Å². The first kappa shape index (κ1) is 11.8. The van der Waals surface area contributed by atoms with Crippen LogP contribution in [0.15, 0.2) is 67.5 Å². The van der Waals surface area contributed by atoms with Crippen LogP contribution in [0.3, 0.4) is 0 Å². The first-order valence-electron chi connectivity index (χ1n) is 6.75. The van der Waals surface area contributed by atoms with Crippen molar-refractivity contribution in [2.75, 3.05) is 4.90 Å². The van der Waals surface area contributed by atoms with Gasteiger partial charge in [-0.3, -0.25) is 9.47 Å². The van der Waals surface area contributed by atoms with E-state index in [1.807, 2.05) is 35.2 Å². The Kier molecular flexibility index (Phi) is 2.38. The van der Waals surface area contributed by atoms with E-state index in [1.165, 1.54) is 6.20 Å². The minimum absolute atomic E-state index is 0.807. The van der Waals surface area contributed by atoms with Crippen LogP contribution >= 0.6 is 0 Å². The summed E-state index contributed by atoms with van der Waals surface area (Å²) in [6.07, 6.45) is 3.29. The Hall–Kier alpha value is -3.01. The van der Waals surface area contributed by atoms with E-state index in [0.29, 0.717) is 0 Å². The van der Waals surface area contributed by atoms with Crippen molar-refractivity contribution < 1.29 is 0 Å². The van der Waals surface area contributed by atoms with Gasteiger partial charge in [-0.15, -0.1) is 0 Å². The molecule has 0 spiro atoms. The van der Waals surface area contributed by atoms with Gasteiger partial charge in [-0.1, -0.05) is 36.9 Å². The molecule has 2 aromatic carbocycles. The molecule has 0 bridgehead atoms. The van der Waals surface area contributed by atoms with Crippen LogP contribution in [-0.4, -0.2) is 9.55 Å². The Balaban J connectivity index is 2.14. The van der Waals surface area contributed by atoms with Crippen molar-refractivity contribution >= 4 is 22.7 Å². The summed E-state index contributed by atoms with van der Waals surface area (Å²) in [5.41, 5.74) is 10.7. The van der Waals surface area contributed by atoms with Gasteiger partial charge in [0.15, 0.2) is 0 Å². The predicted molar refractivity (Wildman–Crippen MR) is 85.9 cm³/mol. The third kappa shape index (κ3) is 1.53. The van der Waals surface area contributed by atoms with Gasteiger partial charge in [0, 0.05) is 18.0 Å². The fraction of sp³-hybridized carbons (Fsp3) is 0. The molecule has 0 unspecified atom stereocenters. The summed E-state index contributed by atoms with van der Waals surface area (Å²) in [6, 6.07) is 16.3. The number of aromatic nitrogens is 2. The van der Waals surface area contributed by atoms with Crippen LogP contribution in [0.2, 0.25) is 0 Å². The maximum Gasteiger partial charge on any atom is 0.220 e. The molecule has 0 aliphatic carbocycles. The summed E-state index contributed by atoms with van der Waals surface area (Å²) in [6.45, 7) is 4.19. The molecule has 4 heteroatoms. The molecule has 1 aromatic heterocycles. The zero-order chi connectivity index (χ0) is 14.4. The molecule has 0 radical (unpaired) electrons. The quantitative estimate of drug-likeness (QED) is 0.741. The highest BCUT2D eigenvalue weighted by Crippen LogP contribution is 2.38. The molecule has 0 atom stereocenters. The SMILES string of the molecule is C=C1c2ccccc2-n2c(nc3ccccc32)N1/C=C\N. The largest absolute Gasteiger partial charge is 0.403 e.